The van der Waals surface area contributed by atoms with Crippen molar-refractivity contribution >= 4 is 38.6 Å². The van der Waals surface area contributed by atoms with Gasteiger partial charge in [-0.3, -0.25) is 19.1 Å². The number of carbonyl (C=O) groups is 2. The summed E-state index contributed by atoms with van der Waals surface area (Å²) in [6.07, 6.45) is 4.18. The minimum atomic E-state index is -0.180. The Balaban J connectivity index is 1.40. The molecule has 1 aliphatic rings. The first-order chi connectivity index (χ1) is 15.2. The lowest BCUT2D eigenvalue weighted by atomic mass is 10.0. The van der Waals surface area contributed by atoms with Crippen LogP contribution in [0.2, 0.25) is 0 Å². The highest BCUT2D eigenvalue weighted by atomic mass is 79.9. The fourth-order valence-corrected chi connectivity index (χ4v) is 4.60. The van der Waals surface area contributed by atoms with E-state index in [1.54, 1.807) is 48.1 Å². The Morgan fingerprint density at radius 3 is 2.81 bits per heavy atom. The van der Waals surface area contributed by atoms with Crippen molar-refractivity contribution in [2.24, 2.45) is 20.0 Å². The SMILES string of the molecule is CC(NC(=O)Cc1c(Br)cnn1C)C1CCN(C(=O)c2ccc3ncn(C)c(=O)c3c2)C1. The largest absolute Gasteiger partial charge is 0.353 e. The summed E-state index contributed by atoms with van der Waals surface area (Å²) in [5, 5.41) is 7.62. The number of hydrogen-bond donors (Lipinski definition) is 1. The van der Waals surface area contributed by atoms with Gasteiger partial charge in [-0.2, -0.15) is 5.10 Å². The van der Waals surface area contributed by atoms with Crippen LogP contribution in [0.25, 0.3) is 10.9 Å². The van der Waals surface area contributed by atoms with E-state index in [9.17, 15) is 14.4 Å². The first-order valence-corrected chi connectivity index (χ1v) is 11.2. The first kappa shape index (κ1) is 22.2. The fraction of sp³-hybridized carbons (Fsp3) is 0.409. The van der Waals surface area contributed by atoms with Gasteiger partial charge in [0.05, 0.1) is 40.0 Å². The van der Waals surface area contributed by atoms with Crippen molar-refractivity contribution in [2.75, 3.05) is 13.1 Å². The van der Waals surface area contributed by atoms with Crippen molar-refractivity contribution < 1.29 is 9.59 Å². The lowest BCUT2D eigenvalue weighted by Gasteiger charge is -2.22. The number of carbonyl (C=O) groups excluding carboxylic acids is 2. The van der Waals surface area contributed by atoms with Crippen molar-refractivity contribution in [1.29, 1.82) is 0 Å². The summed E-state index contributed by atoms with van der Waals surface area (Å²) in [5.74, 6) is -0.0324. The van der Waals surface area contributed by atoms with Crippen LogP contribution in [0.4, 0.5) is 0 Å². The Kier molecular flexibility index (Phi) is 6.14. The number of aryl methyl sites for hydroxylation is 2. The third kappa shape index (κ3) is 4.32. The molecule has 0 aliphatic carbocycles. The Morgan fingerprint density at radius 1 is 1.31 bits per heavy atom. The highest BCUT2D eigenvalue weighted by Gasteiger charge is 2.31. The summed E-state index contributed by atoms with van der Waals surface area (Å²) in [5.41, 5.74) is 1.68. The van der Waals surface area contributed by atoms with Crippen LogP contribution in [0, 0.1) is 5.92 Å². The number of likely N-dealkylation sites (tertiary alicyclic amines) is 1. The maximum Gasteiger partial charge on any atom is 0.260 e. The number of aromatic nitrogens is 4. The Morgan fingerprint density at radius 2 is 2.09 bits per heavy atom. The molecule has 0 spiro atoms. The number of amides is 2. The minimum Gasteiger partial charge on any atom is -0.353 e. The smallest absolute Gasteiger partial charge is 0.260 e. The Bertz CT molecular complexity index is 1230. The Labute approximate surface area is 193 Å². The maximum absolute atomic E-state index is 13.1. The van der Waals surface area contributed by atoms with Crippen LogP contribution >= 0.6 is 15.9 Å². The molecule has 32 heavy (non-hydrogen) atoms. The summed E-state index contributed by atoms with van der Waals surface area (Å²) >= 11 is 3.42. The zero-order valence-electron chi connectivity index (χ0n) is 18.2. The summed E-state index contributed by atoms with van der Waals surface area (Å²) in [4.78, 5) is 44.0. The van der Waals surface area contributed by atoms with E-state index in [-0.39, 0.29) is 35.8 Å². The molecule has 4 rings (SSSR count). The topological polar surface area (TPSA) is 102 Å². The molecule has 0 saturated carbocycles. The van der Waals surface area contributed by atoms with Gasteiger partial charge < -0.3 is 14.8 Å². The molecular formula is C22H25BrN6O3. The van der Waals surface area contributed by atoms with Gasteiger partial charge in [-0.1, -0.05) is 0 Å². The van der Waals surface area contributed by atoms with Crippen LogP contribution in [0.3, 0.4) is 0 Å². The predicted molar refractivity (Wildman–Crippen MR) is 123 cm³/mol. The van der Waals surface area contributed by atoms with Crippen LogP contribution in [-0.4, -0.2) is 55.2 Å². The van der Waals surface area contributed by atoms with E-state index in [4.69, 9.17) is 0 Å². The van der Waals surface area contributed by atoms with Crippen molar-refractivity contribution in [3.05, 3.63) is 56.8 Å². The highest BCUT2D eigenvalue weighted by molar-refractivity contribution is 9.10. The molecule has 2 amide bonds. The molecule has 1 aromatic carbocycles. The van der Waals surface area contributed by atoms with Crippen molar-refractivity contribution in [3.8, 4) is 0 Å². The van der Waals surface area contributed by atoms with Gasteiger partial charge in [-0.05, 0) is 53.4 Å². The van der Waals surface area contributed by atoms with Crippen molar-refractivity contribution in [3.63, 3.8) is 0 Å². The number of hydrogen-bond acceptors (Lipinski definition) is 5. The third-order valence-corrected chi connectivity index (χ3v) is 6.77. The number of nitrogens with one attached hydrogen (secondary N) is 1. The number of fused-ring (bicyclic) bond motifs is 1. The van der Waals surface area contributed by atoms with Gasteiger partial charge >= 0.3 is 0 Å². The van der Waals surface area contributed by atoms with E-state index in [2.05, 4.69) is 31.3 Å². The average molecular weight is 501 g/mol. The molecule has 2 aromatic heterocycles. The molecule has 1 fully saturated rings. The molecule has 1 N–H and O–H groups in total. The first-order valence-electron chi connectivity index (χ1n) is 10.4. The molecule has 2 atom stereocenters. The van der Waals surface area contributed by atoms with Crippen LogP contribution in [-0.2, 0) is 25.3 Å². The standard InChI is InChI=1S/C22H25BrN6O3/c1-13(26-20(30)9-19-17(23)10-25-28(19)3)15-6-7-29(11-15)21(31)14-4-5-18-16(8-14)22(32)27(2)12-24-18/h4-5,8,10,12-13,15H,6-7,9,11H2,1-3H3,(H,26,30). The predicted octanol–water partition coefficient (Wildman–Crippen LogP) is 1.64. The molecule has 0 radical (unpaired) electrons. The lowest BCUT2D eigenvalue weighted by Crippen LogP contribution is -2.40. The maximum atomic E-state index is 13.1. The molecule has 3 aromatic rings. The fourth-order valence-electron chi connectivity index (χ4n) is 4.12. The average Bonchev–Trinajstić information content (AvgIpc) is 3.38. The zero-order chi connectivity index (χ0) is 23.0. The van der Waals surface area contributed by atoms with Gasteiger partial charge in [0, 0.05) is 38.8 Å². The van der Waals surface area contributed by atoms with Crippen LogP contribution in [0.1, 0.15) is 29.4 Å². The van der Waals surface area contributed by atoms with Gasteiger partial charge in [0.1, 0.15) is 0 Å². The van der Waals surface area contributed by atoms with E-state index in [1.165, 1.54) is 10.9 Å². The quantitative estimate of drug-likeness (QED) is 0.573. The summed E-state index contributed by atoms with van der Waals surface area (Å²) < 4.78 is 3.88. The molecule has 3 heterocycles. The van der Waals surface area contributed by atoms with E-state index < -0.39 is 0 Å². The molecule has 1 aliphatic heterocycles. The van der Waals surface area contributed by atoms with Crippen LogP contribution in [0.5, 0.6) is 0 Å². The Hall–Kier alpha value is -3.01. The van der Waals surface area contributed by atoms with E-state index in [0.717, 1.165) is 16.6 Å². The van der Waals surface area contributed by atoms with Gasteiger partial charge in [-0.25, -0.2) is 4.98 Å². The number of nitrogens with zero attached hydrogens (tertiary/aromatic N) is 5. The van der Waals surface area contributed by atoms with Gasteiger partial charge in [0.25, 0.3) is 11.5 Å². The molecule has 9 nitrogen and oxygen atoms in total. The summed E-state index contributed by atoms with van der Waals surface area (Å²) in [6.45, 7) is 3.14. The normalized spacial score (nSPS) is 17.0. The lowest BCUT2D eigenvalue weighted by molar-refractivity contribution is -0.121. The number of halogens is 1. The second-order valence-electron chi connectivity index (χ2n) is 8.29. The van der Waals surface area contributed by atoms with Gasteiger partial charge in [0.2, 0.25) is 5.91 Å². The van der Waals surface area contributed by atoms with Crippen molar-refractivity contribution in [1.82, 2.24) is 29.5 Å². The van der Waals surface area contributed by atoms with Gasteiger partial charge in [0.15, 0.2) is 0 Å². The summed E-state index contributed by atoms with van der Waals surface area (Å²) in [7, 11) is 3.44. The zero-order valence-corrected chi connectivity index (χ0v) is 19.8. The van der Waals surface area contributed by atoms with E-state index >= 15 is 0 Å². The number of rotatable bonds is 5. The molecule has 0 bridgehead atoms. The van der Waals surface area contributed by atoms with Crippen LogP contribution < -0.4 is 10.9 Å². The second kappa shape index (κ2) is 8.85. The van der Waals surface area contributed by atoms with E-state index in [0.29, 0.717) is 29.6 Å². The number of benzene rings is 1. The molecule has 10 heteroatoms. The molecular weight excluding hydrogens is 476 g/mol. The summed E-state index contributed by atoms with van der Waals surface area (Å²) in [6, 6.07) is 4.97. The van der Waals surface area contributed by atoms with Crippen LogP contribution in [0.15, 0.2) is 40.0 Å². The molecule has 168 valence electrons. The van der Waals surface area contributed by atoms with Crippen molar-refractivity contribution in [2.45, 2.75) is 25.8 Å². The third-order valence-electron chi connectivity index (χ3n) is 6.11. The van der Waals surface area contributed by atoms with Gasteiger partial charge in [-0.15, -0.1) is 0 Å². The monoisotopic (exact) mass is 500 g/mol. The molecule has 2 unspecified atom stereocenters. The molecule has 1 saturated heterocycles. The minimum absolute atomic E-state index is 0.0691. The highest BCUT2D eigenvalue weighted by Crippen LogP contribution is 2.23. The second-order valence-corrected chi connectivity index (χ2v) is 9.14. The van der Waals surface area contributed by atoms with E-state index in [1.807, 2.05) is 6.92 Å².